The third kappa shape index (κ3) is 8.39. The number of hydrogen-bond donors (Lipinski definition) is 2. The van der Waals surface area contributed by atoms with Crippen LogP contribution in [-0.2, 0) is 0 Å². The average Bonchev–Trinajstić information content (AvgIpc) is 3.36. The molecule has 1 aromatic rings. The molecule has 0 radical (unpaired) electrons. The van der Waals surface area contributed by atoms with Crippen LogP contribution in [0.5, 0.6) is 0 Å². The summed E-state index contributed by atoms with van der Waals surface area (Å²) >= 11 is 0. The van der Waals surface area contributed by atoms with Crippen LogP contribution >= 0.6 is 24.0 Å². The van der Waals surface area contributed by atoms with E-state index in [4.69, 9.17) is 9.41 Å². The predicted octanol–water partition coefficient (Wildman–Crippen LogP) is 3.32. The maximum absolute atomic E-state index is 5.69. The van der Waals surface area contributed by atoms with Crippen LogP contribution in [0.25, 0.3) is 0 Å². The van der Waals surface area contributed by atoms with E-state index in [1.54, 1.807) is 6.26 Å². The SMILES string of the molecule is CCNC(=NCC(c1ccco1)N1CCCC1)NCCCN(CC)CC.I. The molecule has 1 fully saturated rings. The molecule has 156 valence electrons. The van der Waals surface area contributed by atoms with E-state index in [1.165, 1.54) is 12.8 Å². The zero-order chi connectivity index (χ0) is 18.6. The summed E-state index contributed by atoms with van der Waals surface area (Å²) < 4.78 is 5.69. The fourth-order valence-corrected chi connectivity index (χ4v) is 3.49. The van der Waals surface area contributed by atoms with Crippen molar-refractivity contribution in [3.05, 3.63) is 24.2 Å². The lowest BCUT2D eigenvalue weighted by molar-refractivity contribution is 0.221. The Hall–Kier alpha value is -0.800. The van der Waals surface area contributed by atoms with Gasteiger partial charge in [0.25, 0.3) is 0 Å². The van der Waals surface area contributed by atoms with Crippen LogP contribution < -0.4 is 10.6 Å². The number of rotatable bonds is 11. The zero-order valence-corrected chi connectivity index (χ0v) is 19.6. The van der Waals surface area contributed by atoms with Crippen molar-refractivity contribution in [2.45, 2.75) is 46.1 Å². The second kappa shape index (κ2) is 14.2. The highest BCUT2D eigenvalue weighted by Crippen LogP contribution is 2.25. The van der Waals surface area contributed by atoms with E-state index < -0.39 is 0 Å². The van der Waals surface area contributed by atoms with Crippen LogP contribution in [0.2, 0.25) is 0 Å². The fraction of sp³-hybridized carbons (Fsp3) is 0.750. The Labute approximate surface area is 182 Å². The molecule has 1 aliphatic rings. The highest BCUT2D eigenvalue weighted by Gasteiger charge is 2.25. The first-order valence-corrected chi connectivity index (χ1v) is 10.3. The number of aliphatic imine (C=N–C) groups is 1. The molecule has 2 N–H and O–H groups in total. The van der Waals surface area contributed by atoms with Crippen molar-refractivity contribution in [3.8, 4) is 0 Å². The Kier molecular flexibility index (Phi) is 12.8. The second-order valence-corrected chi connectivity index (χ2v) is 6.80. The summed E-state index contributed by atoms with van der Waals surface area (Å²) in [7, 11) is 0. The lowest BCUT2D eigenvalue weighted by atomic mass is 10.2. The summed E-state index contributed by atoms with van der Waals surface area (Å²) in [4.78, 5) is 9.79. The smallest absolute Gasteiger partial charge is 0.191 e. The van der Waals surface area contributed by atoms with Gasteiger partial charge in [0, 0.05) is 13.1 Å². The van der Waals surface area contributed by atoms with Crippen molar-refractivity contribution in [1.82, 2.24) is 20.4 Å². The van der Waals surface area contributed by atoms with E-state index in [2.05, 4.69) is 47.3 Å². The summed E-state index contributed by atoms with van der Waals surface area (Å²) in [6.45, 7) is 14.7. The summed E-state index contributed by atoms with van der Waals surface area (Å²) in [5, 5.41) is 6.84. The number of nitrogens with zero attached hydrogens (tertiary/aromatic N) is 3. The number of hydrogen-bond acceptors (Lipinski definition) is 4. The summed E-state index contributed by atoms with van der Waals surface area (Å²) in [5.74, 6) is 1.93. The minimum absolute atomic E-state index is 0. The molecule has 0 amide bonds. The minimum atomic E-state index is 0. The quantitative estimate of drug-likeness (QED) is 0.215. The van der Waals surface area contributed by atoms with Gasteiger partial charge in [-0.15, -0.1) is 24.0 Å². The maximum Gasteiger partial charge on any atom is 0.191 e. The summed E-state index contributed by atoms with van der Waals surface area (Å²) in [6, 6.07) is 4.28. The normalized spacial score (nSPS) is 16.4. The largest absolute Gasteiger partial charge is 0.468 e. The van der Waals surface area contributed by atoms with Crippen molar-refractivity contribution in [2.75, 3.05) is 52.4 Å². The first-order chi connectivity index (χ1) is 12.8. The van der Waals surface area contributed by atoms with Crippen LogP contribution in [0.15, 0.2) is 27.8 Å². The van der Waals surface area contributed by atoms with Crippen molar-refractivity contribution >= 4 is 29.9 Å². The third-order valence-corrected chi connectivity index (χ3v) is 5.06. The molecule has 6 nitrogen and oxygen atoms in total. The highest BCUT2D eigenvalue weighted by atomic mass is 127. The van der Waals surface area contributed by atoms with E-state index in [0.29, 0.717) is 0 Å². The molecule has 0 aromatic carbocycles. The third-order valence-electron chi connectivity index (χ3n) is 5.06. The zero-order valence-electron chi connectivity index (χ0n) is 17.2. The molecular weight excluding hydrogens is 453 g/mol. The van der Waals surface area contributed by atoms with Gasteiger partial charge in [0.2, 0.25) is 0 Å². The second-order valence-electron chi connectivity index (χ2n) is 6.80. The van der Waals surface area contributed by atoms with Crippen LogP contribution in [0.1, 0.15) is 51.8 Å². The van der Waals surface area contributed by atoms with Gasteiger partial charge in [-0.2, -0.15) is 0 Å². The van der Waals surface area contributed by atoms with Crippen molar-refractivity contribution in [2.24, 2.45) is 4.99 Å². The molecule has 1 aromatic heterocycles. The molecule has 1 saturated heterocycles. The first kappa shape index (κ1) is 24.2. The van der Waals surface area contributed by atoms with Gasteiger partial charge in [-0.05, 0) is 71.0 Å². The summed E-state index contributed by atoms with van der Waals surface area (Å²) in [5.41, 5.74) is 0. The number of halogens is 1. The molecule has 0 spiro atoms. The fourth-order valence-electron chi connectivity index (χ4n) is 3.49. The van der Waals surface area contributed by atoms with Crippen molar-refractivity contribution in [1.29, 1.82) is 0 Å². The van der Waals surface area contributed by atoms with Crippen molar-refractivity contribution < 1.29 is 4.42 Å². The Morgan fingerprint density at radius 3 is 2.56 bits per heavy atom. The molecule has 0 aliphatic carbocycles. The molecule has 27 heavy (non-hydrogen) atoms. The number of furan rings is 1. The van der Waals surface area contributed by atoms with Gasteiger partial charge in [0.15, 0.2) is 5.96 Å². The van der Waals surface area contributed by atoms with Crippen LogP contribution in [0.4, 0.5) is 0 Å². The van der Waals surface area contributed by atoms with Gasteiger partial charge >= 0.3 is 0 Å². The van der Waals surface area contributed by atoms with E-state index in [9.17, 15) is 0 Å². The predicted molar refractivity (Wildman–Crippen MR) is 124 cm³/mol. The highest BCUT2D eigenvalue weighted by molar-refractivity contribution is 14.0. The Bertz CT molecular complexity index is 498. The van der Waals surface area contributed by atoms with Crippen LogP contribution in [-0.4, -0.2) is 68.1 Å². The standard InChI is InChI=1S/C20H37N5O.HI/c1-4-21-20(22-12-10-13-24(5-2)6-3)23-17-18(19-11-9-16-26-19)25-14-7-8-15-25;/h9,11,16,18H,4-8,10,12-15,17H2,1-3H3,(H2,21,22,23);1H. The molecule has 0 saturated carbocycles. The Morgan fingerprint density at radius 1 is 1.22 bits per heavy atom. The Balaban J connectivity index is 0.00000364. The van der Waals surface area contributed by atoms with Crippen molar-refractivity contribution in [3.63, 3.8) is 0 Å². The number of likely N-dealkylation sites (tertiary alicyclic amines) is 1. The van der Waals surface area contributed by atoms with Gasteiger partial charge in [-0.3, -0.25) is 9.89 Å². The molecule has 2 heterocycles. The van der Waals surface area contributed by atoms with Gasteiger partial charge in [0.05, 0.1) is 18.8 Å². The van der Waals surface area contributed by atoms with Gasteiger partial charge < -0.3 is 20.0 Å². The molecule has 1 atom stereocenters. The van der Waals surface area contributed by atoms with Crippen LogP contribution in [0.3, 0.4) is 0 Å². The molecule has 0 bridgehead atoms. The van der Waals surface area contributed by atoms with E-state index in [0.717, 1.165) is 70.5 Å². The lowest BCUT2D eigenvalue weighted by Gasteiger charge is -2.24. The average molecular weight is 491 g/mol. The van der Waals surface area contributed by atoms with Gasteiger partial charge in [-0.25, -0.2) is 0 Å². The molecule has 2 rings (SSSR count). The van der Waals surface area contributed by atoms with Gasteiger partial charge in [-0.1, -0.05) is 13.8 Å². The topological polar surface area (TPSA) is 56.0 Å². The summed E-state index contributed by atoms with van der Waals surface area (Å²) in [6.07, 6.45) is 5.42. The van der Waals surface area contributed by atoms with Gasteiger partial charge in [0.1, 0.15) is 5.76 Å². The first-order valence-electron chi connectivity index (χ1n) is 10.3. The van der Waals surface area contributed by atoms with E-state index in [1.807, 2.05) is 6.07 Å². The minimum Gasteiger partial charge on any atom is -0.468 e. The molecule has 1 aliphatic heterocycles. The number of nitrogens with one attached hydrogen (secondary N) is 2. The lowest BCUT2D eigenvalue weighted by Crippen LogP contribution is -2.39. The maximum atomic E-state index is 5.69. The monoisotopic (exact) mass is 491 g/mol. The Morgan fingerprint density at radius 2 is 1.96 bits per heavy atom. The molecule has 7 heteroatoms. The van der Waals surface area contributed by atoms with E-state index >= 15 is 0 Å². The molecular formula is C20H38IN5O. The molecule has 1 unspecified atom stereocenters. The van der Waals surface area contributed by atoms with Crippen LogP contribution in [0, 0.1) is 0 Å². The van der Waals surface area contributed by atoms with E-state index in [-0.39, 0.29) is 30.0 Å². The number of guanidine groups is 1.